The van der Waals surface area contributed by atoms with Gasteiger partial charge in [0.15, 0.2) is 5.82 Å². The molecule has 1 aromatic heterocycles. The van der Waals surface area contributed by atoms with Crippen LogP contribution >= 0.6 is 0 Å². The summed E-state index contributed by atoms with van der Waals surface area (Å²) in [6, 6.07) is 6.16. The lowest BCUT2D eigenvalue weighted by atomic mass is 10.2. The summed E-state index contributed by atoms with van der Waals surface area (Å²) in [4.78, 5) is 16.0. The number of nitrogens with two attached hydrogens (primary N) is 1. The summed E-state index contributed by atoms with van der Waals surface area (Å²) < 4.78 is 27.6. The first-order valence-corrected chi connectivity index (χ1v) is 9.13. The van der Waals surface area contributed by atoms with Gasteiger partial charge in [0.2, 0.25) is 21.8 Å². The van der Waals surface area contributed by atoms with Crippen molar-refractivity contribution in [1.29, 1.82) is 0 Å². The Balaban J connectivity index is 1.77. The third kappa shape index (κ3) is 5.43. The molecule has 0 spiro atoms. The van der Waals surface area contributed by atoms with E-state index in [0.29, 0.717) is 43.0 Å². The Bertz CT molecular complexity index is 801. The maximum atomic E-state index is 11.8. The first kappa shape index (κ1) is 18.1. The summed E-state index contributed by atoms with van der Waals surface area (Å²) in [6.07, 6.45) is 2.16. The molecule has 0 aliphatic carbocycles. The summed E-state index contributed by atoms with van der Waals surface area (Å²) in [5.74, 6) is 1.05. The molecule has 3 N–H and O–H groups in total. The van der Waals surface area contributed by atoms with Crippen LogP contribution in [-0.2, 0) is 34.2 Å². The molecule has 8 nitrogen and oxygen atoms in total. The Hall–Kier alpha value is -2.26. The van der Waals surface area contributed by atoms with Gasteiger partial charge in [-0.1, -0.05) is 24.2 Å². The van der Waals surface area contributed by atoms with Gasteiger partial charge in [-0.2, -0.15) is 4.98 Å². The third-order valence-corrected chi connectivity index (χ3v) is 4.25. The van der Waals surface area contributed by atoms with Crippen LogP contribution < -0.4 is 10.5 Å². The lowest BCUT2D eigenvalue weighted by molar-refractivity contribution is -0.121. The number of benzene rings is 1. The van der Waals surface area contributed by atoms with E-state index >= 15 is 0 Å². The summed E-state index contributed by atoms with van der Waals surface area (Å²) >= 11 is 0. The van der Waals surface area contributed by atoms with Crippen molar-refractivity contribution in [1.82, 2.24) is 15.5 Å². The summed E-state index contributed by atoms with van der Waals surface area (Å²) in [6.45, 7) is 2.18. The number of aromatic nitrogens is 2. The van der Waals surface area contributed by atoms with Crippen LogP contribution in [0, 0.1) is 0 Å². The van der Waals surface area contributed by atoms with E-state index in [0.717, 1.165) is 0 Å². The van der Waals surface area contributed by atoms with Crippen LogP contribution in [0.4, 0.5) is 0 Å². The predicted octanol–water partition coefficient (Wildman–Crippen LogP) is 0.919. The predicted molar refractivity (Wildman–Crippen MR) is 86.3 cm³/mol. The van der Waals surface area contributed by atoms with Gasteiger partial charge in [0, 0.05) is 25.8 Å². The van der Waals surface area contributed by atoms with Crippen molar-refractivity contribution in [3.63, 3.8) is 0 Å². The van der Waals surface area contributed by atoms with Gasteiger partial charge in [-0.05, 0) is 24.1 Å². The highest BCUT2D eigenvalue weighted by Gasteiger charge is 2.09. The Morgan fingerprint density at radius 1 is 1.38 bits per heavy atom. The van der Waals surface area contributed by atoms with E-state index in [2.05, 4.69) is 15.5 Å². The number of carbonyl (C=O) groups is 1. The van der Waals surface area contributed by atoms with Crippen molar-refractivity contribution in [3.8, 4) is 0 Å². The molecule has 0 radical (unpaired) electrons. The molecule has 0 saturated heterocycles. The summed E-state index contributed by atoms with van der Waals surface area (Å²) in [7, 11) is -3.74. The fraction of sp³-hybridized carbons (Fsp3) is 0.400. The molecule has 0 fully saturated rings. The first-order valence-electron chi connectivity index (χ1n) is 7.58. The third-order valence-electron chi connectivity index (χ3n) is 3.34. The Morgan fingerprint density at radius 3 is 2.83 bits per heavy atom. The number of hydrogen-bond donors (Lipinski definition) is 2. The van der Waals surface area contributed by atoms with E-state index in [4.69, 9.17) is 9.66 Å². The molecule has 2 rings (SSSR count). The van der Waals surface area contributed by atoms with Crippen molar-refractivity contribution < 1.29 is 17.7 Å². The molecule has 0 bridgehead atoms. The van der Waals surface area contributed by atoms with Gasteiger partial charge in [-0.15, -0.1) is 0 Å². The van der Waals surface area contributed by atoms with Crippen LogP contribution in [0.2, 0.25) is 0 Å². The number of aryl methyl sites for hydroxylation is 2. The van der Waals surface area contributed by atoms with Crippen LogP contribution in [0.25, 0.3) is 0 Å². The standard InChI is InChI=1S/C15H20N4O4S/c1-2-13-18-15(23-19-13)8-4-7-14(20)17-10-11-5-3-6-12(9-11)24(16,21)22/h3,5-6,9H,2,4,7-8,10H2,1H3,(H,17,20)(H2,16,21,22). The molecule has 24 heavy (non-hydrogen) atoms. The highest BCUT2D eigenvalue weighted by Crippen LogP contribution is 2.10. The smallest absolute Gasteiger partial charge is 0.238 e. The normalized spacial score (nSPS) is 11.4. The van der Waals surface area contributed by atoms with Gasteiger partial charge >= 0.3 is 0 Å². The van der Waals surface area contributed by atoms with Crippen molar-refractivity contribution in [2.24, 2.45) is 5.14 Å². The van der Waals surface area contributed by atoms with E-state index in [1.807, 2.05) is 6.92 Å². The number of primary sulfonamides is 1. The molecule has 9 heteroatoms. The van der Waals surface area contributed by atoms with Crippen molar-refractivity contribution >= 4 is 15.9 Å². The van der Waals surface area contributed by atoms with E-state index in [-0.39, 0.29) is 17.3 Å². The molecule has 130 valence electrons. The van der Waals surface area contributed by atoms with Crippen LogP contribution in [0.5, 0.6) is 0 Å². The fourth-order valence-electron chi connectivity index (χ4n) is 2.06. The lowest BCUT2D eigenvalue weighted by Crippen LogP contribution is -2.22. The van der Waals surface area contributed by atoms with Crippen molar-refractivity contribution in [3.05, 3.63) is 41.5 Å². The van der Waals surface area contributed by atoms with E-state index in [1.54, 1.807) is 12.1 Å². The first-order chi connectivity index (χ1) is 11.4. The number of nitrogens with zero attached hydrogens (tertiary/aromatic N) is 2. The summed E-state index contributed by atoms with van der Waals surface area (Å²) in [5.41, 5.74) is 0.666. The van der Waals surface area contributed by atoms with E-state index in [9.17, 15) is 13.2 Å². The second kappa shape index (κ2) is 8.02. The Morgan fingerprint density at radius 2 is 2.17 bits per heavy atom. The minimum atomic E-state index is -3.74. The maximum Gasteiger partial charge on any atom is 0.238 e. The second-order valence-electron chi connectivity index (χ2n) is 5.28. The molecule has 0 saturated carbocycles. The number of carbonyl (C=O) groups excluding carboxylic acids is 1. The molecule has 0 unspecified atom stereocenters. The van der Waals surface area contributed by atoms with Gasteiger partial charge in [0.05, 0.1) is 4.90 Å². The SMILES string of the molecule is CCc1noc(CCCC(=O)NCc2cccc(S(N)(=O)=O)c2)n1. The highest BCUT2D eigenvalue weighted by atomic mass is 32.2. The zero-order valence-corrected chi connectivity index (χ0v) is 14.2. The average molecular weight is 352 g/mol. The number of hydrogen-bond acceptors (Lipinski definition) is 6. The molecule has 1 heterocycles. The molecule has 0 aliphatic rings. The molecule has 1 aromatic carbocycles. The van der Waals surface area contributed by atoms with E-state index < -0.39 is 10.0 Å². The Labute approximate surface area is 140 Å². The molecule has 1 amide bonds. The van der Waals surface area contributed by atoms with Crippen molar-refractivity contribution in [2.75, 3.05) is 0 Å². The van der Waals surface area contributed by atoms with Gasteiger partial charge in [0.25, 0.3) is 0 Å². The largest absolute Gasteiger partial charge is 0.352 e. The van der Waals surface area contributed by atoms with Crippen LogP contribution in [0.3, 0.4) is 0 Å². The fourth-order valence-corrected chi connectivity index (χ4v) is 2.64. The van der Waals surface area contributed by atoms with Gasteiger partial charge < -0.3 is 9.84 Å². The molecule has 2 aromatic rings. The van der Waals surface area contributed by atoms with Gasteiger partial charge in [-0.25, -0.2) is 13.6 Å². The lowest BCUT2D eigenvalue weighted by Gasteiger charge is -2.06. The number of sulfonamides is 1. The molecule has 0 atom stereocenters. The molecular formula is C15H20N4O4S. The molecule has 0 aliphatic heterocycles. The monoisotopic (exact) mass is 352 g/mol. The quantitative estimate of drug-likeness (QED) is 0.727. The van der Waals surface area contributed by atoms with Gasteiger partial charge in [0.1, 0.15) is 0 Å². The molecular weight excluding hydrogens is 332 g/mol. The number of amides is 1. The average Bonchev–Trinajstić information content (AvgIpc) is 3.00. The zero-order valence-electron chi connectivity index (χ0n) is 13.4. The topological polar surface area (TPSA) is 128 Å². The zero-order chi connectivity index (χ0) is 17.6. The van der Waals surface area contributed by atoms with Gasteiger partial charge in [-0.3, -0.25) is 4.79 Å². The van der Waals surface area contributed by atoms with Crippen LogP contribution in [0.15, 0.2) is 33.7 Å². The minimum Gasteiger partial charge on any atom is -0.352 e. The van der Waals surface area contributed by atoms with Crippen LogP contribution in [-0.4, -0.2) is 24.5 Å². The number of rotatable bonds is 8. The van der Waals surface area contributed by atoms with Crippen molar-refractivity contribution in [2.45, 2.75) is 44.0 Å². The van der Waals surface area contributed by atoms with Crippen LogP contribution in [0.1, 0.15) is 37.0 Å². The minimum absolute atomic E-state index is 0.0253. The maximum absolute atomic E-state index is 11.8. The number of nitrogens with one attached hydrogen (secondary N) is 1. The highest BCUT2D eigenvalue weighted by molar-refractivity contribution is 7.89. The summed E-state index contributed by atoms with van der Waals surface area (Å²) in [5, 5.41) is 11.6. The second-order valence-corrected chi connectivity index (χ2v) is 6.84. The Kier molecular flexibility index (Phi) is 6.04. The van der Waals surface area contributed by atoms with E-state index in [1.165, 1.54) is 12.1 Å².